The summed E-state index contributed by atoms with van der Waals surface area (Å²) in [5.41, 5.74) is 12.2. The van der Waals surface area contributed by atoms with Gasteiger partial charge in [-0.2, -0.15) is 0 Å². The molecule has 12 heavy (non-hydrogen) atoms. The van der Waals surface area contributed by atoms with E-state index in [2.05, 4.69) is 4.98 Å². The first kappa shape index (κ1) is 8.52. The molecule has 0 aliphatic heterocycles. The van der Waals surface area contributed by atoms with Crippen molar-refractivity contribution in [1.29, 1.82) is 0 Å². The van der Waals surface area contributed by atoms with Crippen molar-refractivity contribution in [1.82, 2.24) is 4.98 Å². The summed E-state index contributed by atoms with van der Waals surface area (Å²) >= 11 is 0. The van der Waals surface area contributed by atoms with Gasteiger partial charge in [-0.3, -0.25) is 9.78 Å². The van der Waals surface area contributed by atoms with Gasteiger partial charge in [-0.1, -0.05) is 6.92 Å². The van der Waals surface area contributed by atoms with Crippen molar-refractivity contribution in [3.63, 3.8) is 0 Å². The number of aromatic nitrogens is 1. The fourth-order valence-corrected chi connectivity index (χ4v) is 1.01. The molecule has 0 radical (unpaired) electrons. The SMILES string of the molecule is CCc1nccc(C(N)=O)c1N. The lowest BCUT2D eigenvalue weighted by Gasteiger charge is -2.04. The molecule has 0 unspecified atom stereocenters. The third-order valence-electron chi connectivity index (χ3n) is 1.67. The van der Waals surface area contributed by atoms with Crippen molar-refractivity contribution >= 4 is 11.6 Å². The molecule has 64 valence electrons. The van der Waals surface area contributed by atoms with E-state index in [9.17, 15) is 4.79 Å². The molecule has 0 atom stereocenters. The normalized spacial score (nSPS) is 9.75. The predicted octanol–water partition coefficient (Wildman–Crippen LogP) is 0.325. The van der Waals surface area contributed by atoms with E-state index in [1.165, 1.54) is 12.3 Å². The zero-order chi connectivity index (χ0) is 9.14. The molecular formula is C8H11N3O. The molecule has 0 bridgehead atoms. The van der Waals surface area contributed by atoms with Crippen LogP contribution in [0.3, 0.4) is 0 Å². The highest BCUT2D eigenvalue weighted by Gasteiger charge is 2.08. The number of carbonyl (C=O) groups is 1. The van der Waals surface area contributed by atoms with Gasteiger partial charge in [-0.05, 0) is 12.5 Å². The predicted molar refractivity (Wildman–Crippen MR) is 46.5 cm³/mol. The monoisotopic (exact) mass is 165 g/mol. The zero-order valence-corrected chi connectivity index (χ0v) is 6.87. The number of nitrogens with zero attached hydrogens (tertiary/aromatic N) is 1. The molecule has 0 spiro atoms. The van der Waals surface area contributed by atoms with E-state index in [1.807, 2.05) is 6.92 Å². The maximum absolute atomic E-state index is 10.8. The number of carbonyl (C=O) groups excluding carboxylic acids is 1. The molecule has 0 aliphatic carbocycles. The Hall–Kier alpha value is -1.58. The van der Waals surface area contributed by atoms with Crippen molar-refractivity contribution in [2.45, 2.75) is 13.3 Å². The van der Waals surface area contributed by atoms with Crippen LogP contribution in [0.15, 0.2) is 12.3 Å². The summed E-state index contributed by atoms with van der Waals surface area (Å²) in [6, 6.07) is 1.52. The molecule has 0 saturated heterocycles. The molecule has 0 aliphatic rings. The summed E-state index contributed by atoms with van der Waals surface area (Å²) in [5, 5.41) is 0. The second kappa shape index (κ2) is 3.21. The molecule has 1 rings (SSSR count). The summed E-state index contributed by atoms with van der Waals surface area (Å²) < 4.78 is 0. The zero-order valence-electron chi connectivity index (χ0n) is 6.87. The highest BCUT2D eigenvalue weighted by molar-refractivity contribution is 5.98. The largest absolute Gasteiger partial charge is 0.397 e. The summed E-state index contributed by atoms with van der Waals surface area (Å²) in [5.74, 6) is -0.510. The summed E-state index contributed by atoms with van der Waals surface area (Å²) in [6.07, 6.45) is 2.24. The Morgan fingerprint density at radius 3 is 2.83 bits per heavy atom. The van der Waals surface area contributed by atoms with Crippen LogP contribution in [-0.2, 0) is 6.42 Å². The quantitative estimate of drug-likeness (QED) is 0.662. The number of amides is 1. The van der Waals surface area contributed by atoms with Gasteiger partial charge in [0.1, 0.15) is 0 Å². The average molecular weight is 165 g/mol. The minimum absolute atomic E-state index is 0.349. The molecule has 0 saturated carbocycles. The molecule has 4 N–H and O–H groups in total. The fraction of sp³-hybridized carbons (Fsp3) is 0.250. The van der Waals surface area contributed by atoms with Crippen LogP contribution in [-0.4, -0.2) is 10.9 Å². The molecule has 0 aromatic carbocycles. The molecule has 4 heteroatoms. The van der Waals surface area contributed by atoms with E-state index in [-0.39, 0.29) is 0 Å². The Kier molecular flexibility index (Phi) is 2.28. The van der Waals surface area contributed by atoms with Gasteiger partial charge in [0.2, 0.25) is 0 Å². The van der Waals surface area contributed by atoms with Crippen LogP contribution >= 0.6 is 0 Å². The number of hydrogen-bond acceptors (Lipinski definition) is 3. The lowest BCUT2D eigenvalue weighted by atomic mass is 10.1. The second-order valence-electron chi connectivity index (χ2n) is 2.44. The molecule has 1 heterocycles. The van der Waals surface area contributed by atoms with Gasteiger partial charge in [-0.15, -0.1) is 0 Å². The van der Waals surface area contributed by atoms with Crippen LogP contribution in [0.5, 0.6) is 0 Å². The number of nitrogen functional groups attached to an aromatic ring is 1. The van der Waals surface area contributed by atoms with Crippen molar-refractivity contribution < 1.29 is 4.79 Å². The van der Waals surface area contributed by atoms with E-state index < -0.39 is 5.91 Å². The standard InChI is InChI=1S/C8H11N3O/c1-2-6-7(9)5(8(10)12)3-4-11-6/h3-4H,2,9H2,1H3,(H2,10,12). The first-order chi connectivity index (χ1) is 5.66. The first-order valence-corrected chi connectivity index (χ1v) is 3.70. The fourth-order valence-electron chi connectivity index (χ4n) is 1.01. The topological polar surface area (TPSA) is 82.0 Å². The number of pyridine rings is 1. The van der Waals surface area contributed by atoms with E-state index in [1.54, 1.807) is 0 Å². The van der Waals surface area contributed by atoms with Crippen molar-refractivity contribution in [3.8, 4) is 0 Å². The smallest absolute Gasteiger partial charge is 0.250 e. The maximum atomic E-state index is 10.8. The molecule has 4 nitrogen and oxygen atoms in total. The van der Waals surface area contributed by atoms with Gasteiger partial charge in [0.05, 0.1) is 16.9 Å². The first-order valence-electron chi connectivity index (χ1n) is 3.70. The van der Waals surface area contributed by atoms with Crippen LogP contribution < -0.4 is 11.5 Å². The molecule has 1 amide bonds. The van der Waals surface area contributed by atoms with Gasteiger partial charge in [0, 0.05) is 6.20 Å². The molecule has 0 fully saturated rings. The Bertz CT molecular complexity index is 309. The highest BCUT2D eigenvalue weighted by Crippen LogP contribution is 2.14. The van der Waals surface area contributed by atoms with Crippen molar-refractivity contribution in [2.75, 3.05) is 5.73 Å². The third-order valence-corrected chi connectivity index (χ3v) is 1.67. The third kappa shape index (κ3) is 1.37. The van der Waals surface area contributed by atoms with E-state index in [4.69, 9.17) is 11.5 Å². The van der Waals surface area contributed by atoms with Crippen LogP contribution in [0.4, 0.5) is 5.69 Å². The van der Waals surface area contributed by atoms with Crippen molar-refractivity contribution in [3.05, 3.63) is 23.5 Å². The number of anilines is 1. The minimum atomic E-state index is -0.510. The Morgan fingerprint density at radius 2 is 2.33 bits per heavy atom. The van der Waals surface area contributed by atoms with E-state index in [0.717, 1.165) is 0 Å². The summed E-state index contributed by atoms with van der Waals surface area (Å²) in [6.45, 7) is 1.92. The summed E-state index contributed by atoms with van der Waals surface area (Å²) in [7, 11) is 0. The van der Waals surface area contributed by atoms with Crippen LogP contribution in [0.1, 0.15) is 23.0 Å². The van der Waals surface area contributed by atoms with Crippen LogP contribution in [0.2, 0.25) is 0 Å². The highest BCUT2D eigenvalue weighted by atomic mass is 16.1. The van der Waals surface area contributed by atoms with Gasteiger partial charge < -0.3 is 11.5 Å². The number of hydrogen-bond donors (Lipinski definition) is 2. The van der Waals surface area contributed by atoms with Gasteiger partial charge >= 0.3 is 0 Å². The lowest BCUT2D eigenvalue weighted by molar-refractivity contribution is 0.100. The van der Waals surface area contributed by atoms with Crippen LogP contribution in [0.25, 0.3) is 0 Å². The second-order valence-corrected chi connectivity index (χ2v) is 2.44. The van der Waals surface area contributed by atoms with Crippen molar-refractivity contribution in [2.24, 2.45) is 5.73 Å². The van der Waals surface area contributed by atoms with Gasteiger partial charge in [0.15, 0.2) is 0 Å². The number of primary amides is 1. The van der Waals surface area contributed by atoms with Gasteiger partial charge in [-0.25, -0.2) is 0 Å². The van der Waals surface area contributed by atoms with Crippen LogP contribution in [0, 0.1) is 0 Å². The molecule has 1 aromatic rings. The number of aryl methyl sites for hydroxylation is 1. The Balaban J connectivity index is 3.23. The average Bonchev–Trinajstić information content (AvgIpc) is 2.04. The van der Waals surface area contributed by atoms with E-state index >= 15 is 0 Å². The molecule has 1 aromatic heterocycles. The number of nitrogens with two attached hydrogens (primary N) is 2. The Morgan fingerprint density at radius 1 is 1.67 bits per heavy atom. The maximum Gasteiger partial charge on any atom is 0.250 e. The summed E-state index contributed by atoms with van der Waals surface area (Å²) in [4.78, 5) is 14.8. The number of rotatable bonds is 2. The van der Waals surface area contributed by atoms with Gasteiger partial charge in [0.25, 0.3) is 5.91 Å². The van der Waals surface area contributed by atoms with E-state index in [0.29, 0.717) is 23.4 Å². The minimum Gasteiger partial charge on any atom is -0.397 e. The molecular weight excluding hydrogens is 154 g/mol. The Labute approximate surface area is 70.6 Å². The lowest BCUT2D eigenvalue weighted by Crippen LogP contribution is -2.15.